The SMILES string of the molecule is CC(C)(C)CNCCC(O)C(O)CO. The van der Waals surface area contributed by atoms with E-state index in [2.05, 4.69) is 26.1 Å². The maximum atomic E-state index is 9.30. The van der Waals surface area contributed by atoms with Crippen LogP contribution in [0.4, 0.5) is 0 Å². The maximum Gasteiger partial charge on any atom is 0.103 e. The Labute approximate surface area is 86.0 Å². The lowest BCUT2D eigenvalue weighted by molar-refractivity contribution is -0.0173. The molecule has 0 aliphatic heterocycles. The zero-order valence-electron chi connectivity index (χ0n) is 9.32. The third-order valence-electron chi connectivity index (χ3n) is 1.90. The first kappa shape index (κ1) is 13.8. The van der Waals surface area contributed by atoms with E-state index in [1.54, 1.807) is 0 Å². The van der Waals surface area contributed by atoms with Crippen molar-refractivity contribution >= 4 is 0 Å². The second kappa shape index (κ2) is 6.35. The van der Waals surface area contributed by atoms with Gasteiger partial charge in [-0.1, -0.05) is 20.8 Å². The number of rotatable bonds is 6. The molecule has 0 amide bonds. The molecule has 0 fully saturated rings. The zero-order chi connectivity index (χ0) is 11.2. The molecule has 4 N–H and O–H groups in total. The molecule has 14 heavy (non-hydrogen) atoms. The summed E-state index contributed by atoms with van der Waals surface area (Å²) in [5.74, 6) is 0. The van der Waals surface area contributed by atoms with Crippen LogP contribution in [0.25, 0.3) is 0 Å². The molecular formula is C10H23NO3. The Kier molecular flexibility index (Phi) is 6.27. The fraction of sp³-hybridized carbons (Fsp3) is 1.00. The topological polar surface area (TPSA) is 72.7 Å². The first-order chi connectivity index (χ1) is 6.37. The van der Waals surface area contributed by atoms with Crippen LogP contribution in [0.5, 0.6) is 0 Å². The first-order valence-electron chi connectivity index (χ1n) is 5.04. The molecule has 0 bridgehead atoms. The lowest BCUT2D eigenvalue weighted by atomic mass is 9.97. The van der Waals surface area contributed by atoms with Gasteiger partial charge in [-0.25, -0.2) is 0 Å². The molecule has 0 aromatic heterocycles. The third kappa shape index (κ3) is 7.26. The summed E-state index contributed by atoms with van der Waals surface area (Å²) in [6, 6.07) is 0. The van der Waals surface area contributed by atoms with Gasteiger partial charge in [0.25, 0.3) is 0 Å². The van der Waals surface area contributed by atoms with Gasteiger partial charge in [-0.3, -0.25) is 0 Å². The molecule has 0 aliphatic carbocycles. The molecule has 0 saturated heterocycles. The molecule has 0 aliphatic rings. The number of hydrogen-bond acceptors (Lipinski definition) is 4. The highest BCUT2D eigenvalue weighted by Gasteiger charge is 2.15. The fourth-order valence-corrected chi connectivity index (χ4v) is 1.03. The zero-order valence-corrected chi connectivity index (χ0v) is 9.32. The molecule has 0 aromatic carbocycles. The van der Waals surface area contributed by atoms with Crippen LogP contribution in [0, 0.1) is 5.41 Å². The van der Waals surface area contributed by atoms with Gasteiger partial charge < -0.3 is 20.6 Å². The van der Waals surface area contributed by atoms with Crippen molar-refractivity contribution in [1.82, 2.24) is 5.32 Å². The van der Waals surface area contributed by atoms with Crippen molar-refractivity contribution in [2.45, 2.75) is 39.4 Å². The molecule has 0 aromatic rings. The van der Waals surface area contributed by atoms with Crippen LogP contribution in [-0.4, -0.2) is 47.2 Å². The van der Waals surface area contributed by atoms with E-state index in [0.717, 1.165) is 6.54 Å². The third-order valence-corrected chi connectivity index (χ3v) is 1.90. The summed E-state index contributed by atoms with van der Waals surface area (Å²) in [6.45, 7) is 7.50. The molecule has 4 heteroatoms. The molecule has 4 nitrogen and oxygen atoms in total. The van der Waals surface area contributed by atoms with E-state index in [1.807, 2.05) is 0 Å². The molecule has 0 spiro atoms. The van der Waals surface area contributed by atoms with Crippen molar-refractivity contribution in [3.05, 3.63) is 0 Å². The van der Waals surface area contributed by atoms with E-state index in [9.17, 15) is 5.11 Å². The van der Waals surface area contributed by atoms with Crippen molar-refractivity contribution in [3.8, 4) is 0 Å². The molecule has 0 saturated carbocycles. The van der Waals surface area contributed by atoms with E-state index < -0.39 is 12.2 Å². The number of aliphatic hydroxyl groups excluding tert-OH is 3. The molecule has 2 atom stereocenters. The molecule has 2 unspecified atom stereocenters. The van der Waals surface area contributed by atoms with E-state index in [-0.39, 0.29) is 12.0 Å². The minimum absolute atomic E-state index is 0.223. The first-order valence-corrected chi connectivity index (χ1v) is 5.04. The molecule has 0 heterocycles. The minimum Gasteiger partial charge on any atom is -0.394 e. The highest BCUT2D eigenvalue weighted by atomic mass is 16.4. The van der Waals surface area contributed by atoms with Gasteiger partial charge in [0.1, 0.15) is 6.10 Å². The summed E-state index contributed by atoms with van der Waals surface area (Å²) >= 11 is 0. The molecular weight excluding hydrogens is 182 g/mol. The van der Waals surface area contributed by atoms with Gasteiger partial charge in [-0.2, -0.15) is 0 Å². The predicted octanol–water partition coefficient (Wildman–Crippen LogP) is -0.274. The summed E-state index contributed by atoms with van der Waals surface area (Å²) in [6.07, 6.45) is -1.41. The van der Waals surface area contributed by atoms with Crippen LogP contribution >= 0.6 is 0 Å². The van der Waals surface area contributed by atoms with E-state index >= 15 is 0 Å². The van der Waals surface area contributed by atoms with Crippen LogP contribution in [0.15, 0.2) is 0 Å². The van der Waals surface area contributed by atoms with Crippen LogP contribution in [0.3, 0.4) is 0 Å². The lowest BCUT2D eigenvalue weighted by Crippen LogP contribution is -2.34. The second-order valence-corrected chi connectivity index (χ2v) is 4.84. The van der Waals surface area contributed by atoms with Crippen molar-refractivity contribution in [2.24, 2.45) is 5.41 Å². The van der Waals surface area contributed by atoms with Crippen LogP contribution in [0.1, 0.15) is 27.2 Å². The predicted molar refractivity (Wildman–Crippen MR) is 56.0 cm³/mol. The van der Waals surface area contributed by atoms with Crippen molar-refractivity contribution < 1.29 is 15.3 Å². The van der Waals surface area contributed by atoms with Gasteiger partial charge in [0, 0.05) is 0 Å². The quantitative estimate of drug-likeness (QED) is 0.450. The van der Waals surface area contributed by atoms with Gasteiger partial charge >= 0.3 is 0 Å². The lowest BCUT2D eigenvalue weighted by Gasteiger charge is -2.20. The van der Waals surface area contributed by atoms with Gasteiger partial charge in [0.05, 0.1) is 12.7 Å². The minimum atomic E-state index is -1.02. The summed E-state index contributed by atoms with van der Waals surface area (Å²) in [5, 5.41) is 30.1. The van der Waals surface area contributed by atoms with E-state index in [1.165, 1.54) is 0 Å². The Morgan fingerprint density at radius 1 is 1.14 bits per heavy atom. The number of aliphatic hydroxyl groups is 3. The molecule has 86 valence electrons. The number of hydrogen-bond donors (Lipinski definition) is 4. The second-order valence-electron chi connectivity index (χ2n) is 4.84. The van der Waals surface area contributed by atoms with Gasteiger partial charge in [-0.15, -0.1) is 0 Å². The Morgan fingerprint density at radius 2 is 1.71 bits per heavy atom. The van der Waals surface area contributed by atoms with Crippen molar-refractivity contribution in [1.29, 1.82) is 0 Å². The Hall–Kier alpha value is -0.160. The Balaban J connectivity index is 3.45. The largest absolute Gasteiger partial charge is 0.394 e. The molecule has 0 rings (SSSR count). The van der Waals surface area contributed by atoms with Gasteiger partial charge in [0.2, 0.25) is 0 Å². The van der Waals surface area contributed by atoms with Crippen LogP contribution < -0.4 is 5.32 Å². The Bertz CT molecular complexity index is 145. The maximum absolute atomic E-state index is 9.30. The number of nitrogens with one attached hydrogen (secondary N) is 1. The average molecular weight is 205 g/mol. The standard InChI is InChI=1S/C10H23NO3/c1-10(2,3)7-11-5-4-8(13)9(14)6-12/h8-9,11-14H,4-7H2,1-3H3. The van der Waals surface area contributed by atoms with E-state index in [4.69, 9.17) is 10.2 Å². The van der Waals surface area contributed by atoms with Crippen LogP contribution in [-0.2, 0) is 0 Å². The highest BCUT2D eigenvalue weighted by Crippen LogP contribution is 2.10. The molecule has 0 radical (unpaired) electrons. The fourth-order valence-electron chi connectivity index (χ4n) is 1.03. The van der Waals surface area contributed by atoms with Crippen molar-refractivity contribution in [3.63, 3.8) is 0 Å². The monoisotopic (exact) mass is 205 g/mol. The average Bonchev–Trinajstić information content (AvgIpc) is 2.09. The summed E-state index contributed by atoms with van der Waals surface area (Å²) in [7, 11) is 0. The van der Waals surface area contributed by atoms with Gasteiger partial charge in [-0.05, 0) is 24.9 Å². The van der Waals surface area contributed by atoms with Crippen LogP contribution in [0.2, 0.25) is 0 Å². The smallest absolute Gasteiger partial charge is 0.103 e. The van der Waals surface area contributed by atoms with Crippen molar-refractivity contribution in [2.75, 3.05) is 19.7 Å². The normalized spacial score (nSPS) is 16.7. The highest BCUT2D eigenvalue weighted by molar-refractivity contribution is 4.69. The Morgan fingerprint density at radius 3 is 2.14 bits per heavy atom. The summed E-state index contributed by atoms with van der Waals surface area (Å²) in [4.78, 5) is 0. The summed E-state index contributed by atoms with van der Waals surface area (Å²) < 4.78 is 0. The van der Waals surface area contributed by atoms with Gasteiger partial charge in [0.15, 0.2) is 0 Å². The van der Waals surface area contributed by atoms with E-state index in [0.29, 0.717) is 13.0 Å². The summed E-state index contributed by atoms with van der Waals surface area (Å²) in [5.41, 5.74) is 0.223.